The van der Waals surface area contributed by atoms with E-state index in [0.717, 1.165) is 17.9 Å². The summed E-state index contributed by atoms with van der Waals surface area (Å²) in [5.74, 6) is 1.59. The minimum Gasteiger partial charge on any atom is -0.488 e. The van der Waals surface area contributed by atoms with Gasteiger partial charge in [0.05, 0.1) is 23.8 Å². The lowest BCUT2D eigenvalue weighted by atomic mass is 10.2. The van der Waals surface area contributed by atoms with Crippen molar-refractivity contribution in [3.63, 3.8) is 0 Å². The van der Waals surface area contributed by atoms with Crippen molar-refractivity contribution in [2.45, 2.75) is 33.4 Å². The number of pyridine rings is 2. The van der Waals surface area contributed by atoms with Crippen LogP contribution < -0.4 is 9.64 Å². The fraction of sp³-hybridized carbons (Fsp3) is 0.318. The quantitative estimate of drug-likeness (QED) is 0.505. The number of rotatable bonds is 5. The number of aromatic nitrogens is 5. The molecule has 10 nitrogen and oxygen atoms in total. The van der Waals surface area contributed by atoms with Crippen LogP contribution in [0.5, 0.6) is 5.75 Å². The Morgan fingerprint density at radius 2 is 2.09 bits per heavy atom. The Morgan fingerprint density at radius 3 is 2.81 bits per heavy atom. The molecule has 5 heterocycles. The molecule has 4 aromatic heterocycles. The maximum atomic E-state index is 11.4. The summed E-state index contributed by atoms with van der Waals surface area (Å²) in [6.45, 7) is 7.73. The van der Waals surface area contributed by atoms with Gasteiger partial charge in [0, 0.05) is 31.4 Å². The van der Waals surface area contributed by atoms with Crippen molar-refractivity contribution in [3.8, 4) is 17.1 Å². The van der Waals surface area contributed by atoms with Crippen LogP contribution in [-0.4, -0.2) is 54.8 Å². The molecule has 0 bridgehead atoms. The Hall–Kier alpha value is -3.95. The molecule has 164 valence electrons. The molecule has 0 unspecified atom stereocenters. The molecule has 1 aliphatic heterocycles. The van der Waals surface area contributed by atoms with Gasteiger partial charge >= 0.3 is 5.97 Å². The average molecular weight is 434 g/mol. The average Bonchev–Trinajstić information content (AvgIpc) is 3.36. The van der Waals surface area contributed by atoms with Crippen LogP contribution in [0.25, 0.3) is 22.6 Å². The molecule has 32 heavy (non-hydrogen) atoms. The minimum atomic E-state index is -1.06. The molecule has 0 saturated heterocycles. The summed E-state index contributed by atoms with van der Waals surface area (Å²) in [7, 11) is 0. The zero-order valence-corrected chi connectivity index (χ0v) is 17.9. The van der Waals surface area contributed by atoms with Gasteiger partial charge in [-0.05, 0) is 26.0 Å². The van der Waals surface area contributed by atoms with E-state index in [1.54, 1.807) is 19.4 Å². The number of hydrogen-bond acceptors (Lipinski definition) is 8. The van der Waals surface area contributed by atoms with Gasteiger partial charge in [0.15, 0.2) is 23.1 Å². The third-order valence-electron chi connectivity index (χ3n) is 5.53. The number of aryl methyl sites for hydroxylation is 1. The van der Waals surface area contributed by atoms with Gasteiger partial charge in [-0.1, -0.05) is 0 Å². The molecule has 4 aromatic rings. The van der Waals surface area contributed by atoms with Crippen LogP contribution in [0.3, 0.4) is 0 Å². The van der Waals surface area contributed by atoms with Crippen LogP contribution in [0, 0.1) is 6.92 Å². The van der Waals surface area contributed by atoms with E-state index in [9.17, 15) is 9.90 Å². The number of nitrogens with zero attached hydrogens (tertiary/aromatic N) is 6. The molecule has 0 fully saturated rings. The summed E-state index contributed by atoms with van der Waals surface area (Å²) in [4.78, 5) is 31.7. The van der Waals surface area contributed by atoms with E-state index in [4.69, 9.17) is 14.1 Å². The highest BCUT2D eigenvalue weighted by molar-refractivity contribution is 5.91. The molecule has 0 spiro atoms. The molecule has 0 saturated carbocycles. The number of oxazole rings is 1. The molecule has 0 radical (unpaired) electrons. The number of aromatic carboxylic acids is 1. The minimum absolute atomic E-state index is 0.0745. The predicted octanol–water partition coefficient (Wildman–Crippen LogP) is 3.14. The molecular formula is C22H22N6O4. The molecular weight excluding hydrogens is 412 g/mol. The van der Waals surface area contributed by atoms with Crippen LogP contribution in [-0.2, 0) is 6.54 Å². The Labute approximate surface area is 183 Å². The van der Waals surface area contributed by atoms with E-state index in [1.165, 1.54) is 12.3 Å². The van der Waals surface area contributed by atoms with E-state index in [1.807, 2.05) is 10.6 Å². The molecule has 1 N–H and O–H groups in total. The van der Waals surface area contributed by atoms with Crippen molar-refractivity contribution in [2.24, 2.45) is 0 Å². The SMILES string of the molecule is CCN1c2ncc(-c3nc4cc(C(=O)O)cnc4n3Cc3coc(C)n3)cc2OC[C@H]1C. The fourth-order valence-corrected chi connectivity index (χ4v) is 3.99. The molecule has 5 rings (SSSR count). The predicted molar refractivity (Wildman–Crippen MR) is 116 cm³/mol. The summed E-state index contributed by atoms with van der Waals surface area (Å²) in [5, 5.41) is 9.35. The molecule has 1 aliphatic rings. The Kier molecular flexibility index (Phi) is 4.76. The highest BCUT2D eigenvalue weighted by Crippen LogP contribution is 2.35. The zero-order valence-electron chi connectivity index (χ0n) is 17.9. The number of imidazole rings is 1. The van der Waals surface area contributed by atoms with Gasteiger partial charge in [-0.25, -0.2) is 24.7 Å². The van der Waals surface area contributed by atoms with E-state index >= 15 is 0 Å². The lowest BCUT2D eigenvalue weighted by Gasteiger charge is -2.34. The first-order chi connectivity index (χ1) is 15.4. The Balaban J connectivity index is 1.65. The van der Waals surface area contributed by atoms with Gasteiger partial charge in [0.2, 0.25) is 0 Å². The first-order valence-electron chi connectivity index (χ1n) is 10.3. The van der Waals surface area contributed by atoms with Crippen molar-refractivity contribution in [3.05, 3.63) is 47.9 Å². The number of fused-ring (bicyclic) bond motifs is 2. The number of ether oxygens (including phenoxy) is 1. The van der Waals surface area contributed by atoms with Crippen LogP contribution in [0.2, 0.25) is 0 Å². The normalized spacial score (nSPS) is 15.6. The van der Waals surface area contributed by atoms with Gasteiger partial charge in [-0.3, -0.25) is 0 Å². The number of likely N-dealkylation sites (N-methyl/N-ethyl adjacent to an activating group) is 1. The highest BCUT2D eigenvalue weighted by atomic mass is 16.5. The van der Waals surface area contributed by atoms with Crippen molar-refractivity contribution in [1.82, 2.24) is 24.5 Å². The molecule has 10 heteroatoms. The summed E-state index contributed by atoms with van der Waals surface area (Å²) in [6.07, 6.45) is 4.67. The third kappa shape index (κ3) is 3.33. The van der Waals surface area contributed by atoms with E-state index in [2.05, 4.69) is 33.7 Å². The van der Waals surface area contributed by atoms with Crippen molar-refractivity contribution < 1.29 is 19.1 Å². The fourth-order valence-electron chi connectivity index (χ4n) is 3.99. The van der Waals surface area contributed by atoms with Crippen LogP contribution >= 0.6 is 0 Å². The molecule has 0 aliphatic carbocycles. The lowest BCUT2D eigenvalue weighted by Crippen LogP contribution is -2.41. The smallest absolute Gasteiger partial charge is 0.337 e. The monoisotopic (exact) mass is 434 g/mol. The Morgan fingerprint density at radius 1 is 1.25 bits per heavy atom. The van der Waals surface area contributed by atoms with Gasteiger partial charge in [0.1, 0.15) is 24.2 Å². The molecule has 0 aromatic carbocycles. The topological polar surface area (TPSA) is 119 Å². The van der Waals surface area contributed by atoms with E-state index < -0.39 is 5.97 Å². The maximum Gasteiger partial charge on any atom is 0.337 e. The zero-order chi connectivity index (χ0) is 22.4. The van der Waals surface area contributed by atoms with E-state index in [-0.39, 0.29) is 11.6 Å². The van der Waals surface area contributed by atoms with Crippen LogP contribution in [0.15, 0.2) is 35.2 Å². The summed E-state index contributed by atoms with van der Waals surface area (Å²) < 4.78 is 13.2. The van der Waals surface area contributed by atoms with Crippen molar-refractivity contribution in [2.75, 3.05) is 18.1 Å². The standard InChI is InChI=1S/C22H22N6O4/c1-4-27-12(2)10-32-18-6-14(7-24-21(18)27)19-26-17-5-15(22(29)30)8-23-20(17)28(19)9-16-11-31-13(3)25-16/h5-8,11-12H,4,9-10H2,1-3H3,(H,29,30)/t12-/m1/s1. The number of carboxylic acids is 1. The van der Waals surface area contributed by atoms with Gasteiger partial charge in [-0.2, -0.15) is 0 Å². The van der Waals surface area contributed by atoms with Crippen LogP contribution in [0.4, 0.5) is 5.82 Å². The summed E-state index contributed by atoms with van der Waals surface area (Å²) in [5.41, 5.74) is 2.55. The second-order valence-corrected chi connectivity index (χ2v) is 7.74. The van der Waals surface area contributed by atoms with Gasteiger partial charge in [-0.15, -0.1) is 0 Å². The number of carbonyl (C=O) groups is 1. The van der Waals surface area contributed by atoms with E-state index in [0.29, 0.717) is 47.5 Å². The molecule has 1 atom stereocenters. The second-order valence-electron chi connectivity index (χ2n) is 7.74. The van der Waals surface area contributed by atoms with Gasteiger partial charge < -0.3 is 23.7 Å². The molecule has 0 amide bonds. The van der Waals surface area contributed by atoms with Crippen LogP contribution in [0.1, 0.15) is 35.8 Å². The van der Waals surface area contributed by atoms with Crippen molar-refractivity contribution >= 4 is 23.0 Å². The highest BCUT2D eigenvalue weighted by Gasteiger charge is 2.26. The van der Waals surface area contributed by atoms with Gasteiger partial charge in [0.25, 0.3) is 0 Å². The second kappa shape index (κ2) is 7.63. The summed E-state index contributed by atoms with van der Waals surface area (Å²) >= 11 is 0. The maximum absolute atomic E-state index is 11.4. The van der Waals surface area contributed by atoms with Crippen molar-refractivity contribution in [1.29, 1.82) is 0 Å². The number of hydrogen-bond donors (Lipinski definition) is 1. The Bertz CT molecular complexity index is 1330. The number of anilines is 1. The lowest BCUT2D eigenvalue weighted by molar-refractivity contribution is 0.0696. The largest absolute Gasteiger partial charge is 0.488 e. The third-order valence-corrected chi connectivity index (χ3v) is 5.53. The first-order valence-corrected chi connectivity index (χ1v) is 10.3. The number of carboxylic acid groups (broad SMARTS) is 1. The summed E-state index contributed by atoms with van der Waals surface area (Å²) in [6, 6.07) is 3.67. The first kappa shape index (κ1) is 20.0.